The molecule has 0 spiro atoms. The zero-order valence-corrected chi connectivity index (χ0v) is 9.91. The van der Waals surface area contributed by atoms with Gasteiger partial charge in [-0.05, 0) is 31.1 Å². The predicted molar refractivity (Wildman–Crippen MR) is 61.8 cm³/mol. The molecule has 1 atom stereocenters. The molecule has 0 heteroatoms. The third kappa shape index (κ3) is 6.62. The first-order chi connectivity index (χ1) is 5.72. The van der Waals surface area contributed by atoms with Crippen LogP contribution in [0.15, 0.2) is 24.3 Å². The van der Waals surface area contributed by atoms with Crippen molar-refractivity contribution in [2.45, 2.75) is 47.5 Å². The van der Waals surface area contributed by atoms with Crippen molar-refractivity contribution < 1.29 is 0 Å². The molecular formula is C13H24. The summed E-state index contributed by atoms with van der Waals surface area (Å²) in [4.78, 5) is 0. The van der Waals surface area contributed by atoms with E-state index in [1.165, 1.54) is 11.1 Å². The lowest BCUT2D eigenvalue weighted by atomic mass is 9.84. The average molecular weight is 180 g/mol. The summed E-state index contributed by atoms with van der Waals surface area (Å²) in [6.45, 7) is 19.2. The van der Waals surface area contributed by atoms with Crippen molar-refractivity contribution in [2.75, 3.05) is 0 Å². The minimum Gasteiger partial charge on any atom is -0.0999 e. The highest BCUT2D eigenvalue weighted by atomic mass is 14.2. The molecule has 0 saturated carbocycles. The molecule has 0 radical (unpaired) electrons. The topological polar surface area (TPSA) is 0 Å². The lowest BCUT2D eigenvalue weighted by molar-refractivity contribution is 0.399. The lowest BCUT2D eigenvalue weighted by Gasteiger charge is -2.21. The zero-order valence-electron chi connectivity index (χ0n) is 9.91. The SMILES string of the molecule is C=C(CC(C)C(=C)C)CC(C)(C)C. The highest BCUT2D eigenvalue weighted by Crippen LogP contribution is 2.28. The van der Waals surface area contributed by atoms with Crippen molar-refractivity contribution in [3.63, 3.8) is 0 Å². The third-order valence-electron chi connectivity index (χ3n) is 2.22. The summed E-state index contributed by atoms with van der Waals surface area (Å²) >= 11 is 0. The number of hydrogen-bond acceptors (Lipinski definition) is 0. The van der Waals surface area contributed by atoms with E-state index in [-0.39, 0.29) is 0 Å². The van der Waals surface area contributed by atoms with Crippen molar-refractivity contribution in [2.24, 2.45) is 11.3 Å². The highest BCUT2D eigenvalue weighted by Gasteiger charge is 2.13. The molecule has 0 aromatic carbocycles. The van der Waals surface area contributed by atoms with Gasteiger partial charge in [-0.25, -0.2) is 0 Å². The fourth-order valence-corrected chi connectivity index (χ4v) is 1.43. The summed E-state index contributed by atoms with van der Waals surface area (Å²) in [6, 6.07) is 0. The maximum Gasteiger partial charge on any atom is -0.0200 e. The van der Waals surface area contributed by atoms with Gasteiger partial charge in [-0.3, -0.25) is 0 Å². The molecule has 0 fully saturated rings. The Morgan fingerprint density at radius 3 is 2.00 bits per heavy atom. The Balaban J connectivity index is 3.96. The molecule has 13 heavy (non-hydrogen) atoms. The average Bonchev–Trinajstić information content (AvgIpc) is 1.81. The first kappa shape index (κ1) is 12.5. The molecule has 0 rings (SSSR count). The summed E-state index contributed by atoms with van der Waals surface area (Å²) in [5, 5.41) is 0. The molecule has 0 bridgehead atoms. The molecule has 76 valence electrons. The van der Waals surface area contributed by atoms with Gasteiger partial charge in [0.1, 0.15) is 0 Å². The molecule has 0 saturated heterocycles. The van der Waals surface area contributed by atoms with Gasteiger partial charge in [0, 0.05) is 0 Å². The predicted octanol–water partition coefficient (Wildman–Crippen LogP) is 4.58. The maximum atomic E-state index is 4.12. The molecule has 0 aromatic heterocycles. The molecule has 0 heterocycles. The van der Waals surface area contributed by atoms with Crippen LogP contribution >= 0.6 is 0 Å². The monoisotopic (exact) mass is 180 g/mol. The second-order valence-electron chi connectivity index (χ2n) is 5.44. The molecule has 0 aromatic rings. The third-order valence-corrected chi connectivity index (χ3v) is 2.22. The molecule has 0 nitrogen and oxygen atoms in total. The fourth-order valence-electron chi connectivity index (χ4n) is 1.43. The van der Waals surface area contributed by atoms with Crippen LogP contribution in [-0.4, -0.2) is 0 Å². The Kier molecular flexibility index (Phi) is 4.46. The maximum absolute atomic E-state index is 4.12. The first-order valence-corrected chi connectivity index (χ1v) is 5.04. The van der Waals surface area contributed by atoms with E-state index < -0.39 is 0 Å². The van der Waals surface area contributed by atoms with E-state index in [0.717, 1.165) is 12.8 Å². The lowest BCUT2D eigenvalue weighted by Crippen LogP contribution is -2.08. The molecule has 1 unspecified atom stereocenters. The molecule has 0 N–H and O–H groups in total. The van der Waals surface area contributed by atoms with E-state index in [4.69, 9.17) is 0 Å². The minimum atomic E-state index is 0.367. The zero-order chi connectivity index (χ0) is 10.6. The van der Waals surface area contributed by atoms with Gasteiger partial charge in [-0.2, -0.15) is 0 Å². The van der Waals surface area contributed by atoms with E-state index in [2.05, 4.69) is 47.8 Å². The van der Waals surface area contributed by atoms with Crippen LogP contribution in [0.5, 0.6) is 0 Å². The van der Waals surface area contributed by atoms with Crippen molar-refractivity contribution in [1.29, 1.82) is 0 Å². The highest BCUT2D eigenvalue weighted by molar-refractivity contribution is 5.05. The van der Waals surface area contributed by atoms with Crippen LogP contribution in [0, 0.1) is 11.3 Å². The van der Waals surface area contributed by atoms with Gasteiger partial charge < -0.3 is 0 Å². The second kappa shape index (κ2) is 4.64. The molecule has 0 aliphatic carbocycles. The van der Waals surface area contributed by atoms with Crippen molar-refractivity contribution in [3.8, 4) is 0 Å². The van der Waals surface area contributed by atoms with E-state index in [1.54, 1.807) is 0 Å². The van der Waals surface area contributed by atoms with Gasteiger partial charge in [0.05, 0.1) is 0 Å². The molecule has 0 aliphatic heterocycles. The summed E-state index contributed by atoms with van der Waals surface area (Å²) in [7, 11) is 0. The smallest absolute Gasteiger partial charge is 0.0200 e. The van der Waals surface area contributed by atoms with Gasteiger partial charge >= 0.3 is 0 Å². The van der Waals surface area contributed by atoms with E-state index in [0.29, 0.717) is 11.3 Å². The van der Waals surface area contributed by atoms with Crippen LogP contribution in [0.4, 0.5) is 0 Å². The Morgan fingerprint density at radius 1 is 1.23 bits per heavy atom. The minimum absolute atomic E-state index is 0.367. The molecule has 0 amide bonds. The molecular weight excluding hydrogens is 156 g/mol. The first-order valence-electron chi connectivity index (χ1n) is 5.04. The summed E-state index contributed by atoms with van der Waals surface area (Å²) in [5.41, 5.74) is 2.98. The van der Waals surface area contributed by atoms with Gasteiger partial charge in [0.2, 0.25) is 0 Å². The summed E-state index contributed by atoms with van der Waals surface area (Å²) in [5.74, 6) is 0.579. The van der Waals surface area contributed by atoms with E-state index in [9.17, 15) is 0 Å². The van der Waals surface area contributed by atoms with Gasteiger partial charge in [-0.15, -0.1) is 0 Å². The van der Waals surface area contributed by atoms with Crippen molar-refractivity contribution in [1.82, 2.24) is 0 Å². The van der Waals surface area contributed by atoms with E-state index in [1.807, 2.05) is 0 Å². The van der Waals surface area contributed by atoms with Gasteiger partial charge in [-0.1, -0.05) is 52.0 Å². The number of allylic oxidation sites excluding steroid dienone is 2. The molecule has 0 aliphatic rings. The standard InChI is InChI=1S/C13H24/c1-10(2)12(4)8-11(3)9-13(5,6)7/h12H,1,3,8-9H2,2,4-7H3. The van der Waals surface area contributed by atoms with Crippen LogP contribution in [0.25, 0.3) is 0 Å². The summed E-state index contributed by atoms with van der Waals surface area (Å²) in [6.07, 6.45) is 2.21. The van der Waals surface area contributed by atoms with Gasteiger partial charge in [0.15, 0.2) is 0 Å². The second-order valence-corrected chi connectivity index (χ2v) is 5.44. The largest absolute Gasteiger partial charge is 0.0999 e. The van der Waals surface area contributed by atoms with Crippen LogP contribution in [0.2, 0.25) is 0 Å². The van der Waals surface area contributed by atoms with Crippen LogP contribution < -0.4 is 0 Å². The van der Waals surface area contributed by atoms with Crippen LogP contribution in [0.3, 0.4) is 0 Å². The summed E-state index contributed by atoms with van der Waals surface area (Å²) < 4.78 is 0. The van der Waals surface area contributed by atoms with Gasteiger partial charge in [0.25, 0.3) is 0 Å². The Morgan fingerprint density at radius 2 is 1.69 bits per heavy atom. The van der Waals surface area contributed by atoms with Crippen molar-refractivity contribution in [3.05, 3.63) is 24.3 Å². The quantitative estimate of drug-likeness (QED) is 0.555. The van der Waals surface area contributed by atoms with Crippen LogP contribution in [-0.2, 0) is 0 Å². The number of hydrogen-bond donors (Lipinski definition) is 0. The van der Waals surface area contributed by atoms with Crippen molar-refractivity contribution >= 4 is 0 Å². The number of rotatable bonds is 4. The fraction of sp³-hybridized carbons (Fsp3) is 0.692. The Bertz CT molecular complexity index is 191. The normalized spacial score (nSPS) is 13.9. The Labute approximate surface area is 83.7 Å². The Hall–Kier alpha value is -0.520. The van der Waals surface area contributed by atoms with Crippen LogP contribution in [0.1, 0.15) is 47.5 Å². The van der Waals surface area contributed by atoms with E-state index >= 15 is 0 Å².